The monoisotopic (exact) mass is 376 g/mol. The molecule has 0 fully saturated rings. The fourth-order valence-electron chi connectivity index (χ4n) is 2.39. The Balaban J connectivity index is 2.21. The summed E-state index contributed by atoms with van der Waals surface area (Å²) in [6.45, 7) is 1.61. The summed E-state index contributed by atoms with van der Waals surface area (Å²) in [6, 6.07) is 3.27. The molecule has 0 N–H and O–H groups in total. The molecule has 0 aliphatic rings. The molecular formula is C15H19BrClFN2O. The van der Waals surface area contributed by atoms with E-state index in [2.05, 4.69) is 25.5 Å². The molecule has 0 atom stereocenters. The van der Waals surface area contributed by atoms with Crippen molar-refractivity contribution >= 4 is 38.6 Å². The SMILES string of the molecule is COCCCCCn1c(CCCl)nc2cc(Br)c(F)cc21. The van der Waals surface area contributed by atoms with Gasteiger partial charge in [-0.05, 0) is 41.3 Å². The zero-order chi connectivity index (χ0) is 15.2. The number of aromatic nitrogens is 2. The van der Waals surface area contributed by atoms with E-state index in [0.717, 1.165) is 49.3 Å². The Morgan fingerprint density at radius 2 is 2.14 bits per heavy atom. The standard InChI is InChI=1S/C15H19BrClFN2O/c1-21-8-4-2-3-7-20-14-10-12(18)11(16)9-13(14)19-15(20)5-6-17/h9-10H,2-8H2,1H3. The molecular weight excluding hydrogens is 359 g/mol. The summed E-state index contributed by atoms with van der Waals surface area (Å²) in [5, 5.41) is 0. The van der Waals surface area contributed by atoms with Crippen molar-refractivity contribution in [2.45, 2.75) is 32.2 Å². The van der Waals surface area contributed by atoms with Gasteiger partial charge in [0.25, 0.3) is 0 Å². The predicted octanol–water partition coefficient (Wildman–Crippen LogP) is 4.54. The number of unbranched alkanes of at least 4 members (excludes halogenated alkanes) is 2. The lowest BCUT2D eigenvalue weighted by Gasteiger charge is -2.08. The van der Waals surface area contributed by atoms with Crippen LogP contribution in [-0.4, -0.2) is 29.1 Å². The Bertz CT molecular complexity index is 603. The van der Waals surface area contributed by atoms with Crippen LogP contribution in [0.5, 0.6) is 0 Å². The minimum Gasteiger partial charge on any atom is -0.385 e. The smallest absolute Gasteiger partial charge is 0.139 e. The maximum Gasteiger partial charge on any atom is 0.139 e. The van der Waals surface area contributed by atoms with Crippen molar-refractivity contribution < 1.29 is 9.13 Å². The second-order valence-electron chi connectivity index (χ2n) is 4.93. The van der Waals surface area contributed by atoms with Crippen LogP contribution in [0.1, 0.15) is 25.1 Å². The first-order valence-corrected chi connectivity index (χ1v) is 8.39. The van der Waals surface area contributed by atoms with E-state index in [4.69, 9.17) is 16.3 Å². The number of rotatable bonds is 8. The van der Waals surface area contributed by atoms with Gasteiger partial charge in [0.05, 0.1) is 15.5 Å². The van der Waals surface area contributed by atoms with Gasteiger partial charge < -0.3 is 9.30 Å². The second kappa shape index (κ2) is 8.11. The van der Waals surface area contributed by atoms with Crippen molar-refractivity contribution in [1.29, 1.82) is 0 Å². The first-order chi connectivity index (χ1) is 10.2. The number of hydrogen-bond donors (Lipinski definition) is 0. The molecule has 0 amide bonds. The Morgan fingerprint density at radius 1 is 1.33 bits per heavy atom. The van der Waals surface area contributed by atoms with Gasteiger partial charge in [-0.25, -0.2) is 9.37 Å². The summed E-state index contributed by atoms with van der Waals surface area (Å²) < 4.78 is 21.4. The van der Waals surface area contributed by atoms with Crippen molar-refractivity contribution in [1.82, 2.24) is 9.55 Å². The van der Waals surface area contributed by atoms with Crippen LogP contribution in [0.4, 0.5) is 4.39 Å². The number of nitrogens with zero attached hydrogens (tertiary/aromatic N) is 2. The highest BCUT2D eigenvalue weighted by Crippen LogP contribution is 2.25. The quantitative estimate of drug-likeness (QED) is 0.499. The highest BCUT2D eigenvalue weighted by atomic mass is 79.9. The van der Waals surface area contributed by atoms with Gasteiger partial charge >= 0.3 is 0 Å². The van der Waals surface area contributed by atoms with Crippen molar-refractivity contribution in [3.8, 4) is 0 Å². The summed E-state index contributed by atoms with van der Waals surface area (Å²) in [7, 11) is 1.71. The third-order valence-electron chi connectivity index (χ3n) is 3.42. The van der Waals surface area contributed by atoms with Crippen LogP contribution >= 0.6 is 27.5 Å². The lowest BCUT2D eigenvalue weighted by molar-refractivity contribution is 0.191. The summed E-state index contributed by atoms with van der Waals surface area (Å²) in [5.74, 6) is 1.17. The fourth-order valence-corrected chi connectivity index (χ4v) is 2.89. The molecule has 21 heavy (non-hydrogen) atoms. The Hall–Kier alpha value is -0.650. The molecule has 0 saturated heterocycles. The molecule has 116 valence electrons. The normalized spacial score (nSPS) is 11.4. The zero-order valence-corrected chi connectivity index (χ0v) is 14.4. The number of methoxy groups -OCH3 is 1. The van der Waals surface area contributed by atoms with Gasteiger partial charge in [0, 0.05) is 38.6 Å². The molecule has 1 aromatic heterocycles. The largest absolute Gasteiger partial charge is 0.385 e. The van der Waals surface area contributed by atoms with Gasteiger partial charge in [-0.15, -0.1) is 11.6 Å². The van der Waals surface area contributed by atoms with Crippen LogP contribution in [0.15, 0.2) is 16.6 Å². The summed E-state index contributed by atoms with van der Waals surface area (Å²) in [4.78, 5) is 4.58. The molecule has 1 aromatic carbocycles. The molecule has 0 saturated carbocycles. The van der Waals surface area contributed by atoms with E-state index in [-0.39, 0.29) is 5.82 Å². The van der Waals surface area contributed by atoms with E-state index in [1.807, 2.05) is 0 Å². The zero-order valence-electron chi connectivity index (χ0n) is 12.0. The molecule has 0 aliphatic heterocycles. The molecule has 0 bridgehead atoms. The summed E-state index contributed by atoms with van der Waals surface area (Å²) >= 11 is 9.05. The van der Waals surface area contributed by atoms with Crippen LogP contribution < -0.4 is 0 Å². The van der Waals surface area contributed by atoms with Gasteiger partial charge in [0.2, 0.25) is 0 Å². The lowest BCUT2D eigenvalue weighted by Crippen LogP contribution is -2.05. The molecule has 0 aliphatic carbocycles. The van der Waals surface area contributed by atoms with Gasteiger partial charge in [-0.2, -0.15) is 0 Å². The molecule has 0 unspecified atom stereocenters. The first kappa shape index (κ1) is 16.7. The van der Waals surface area contributed by atoms with E-state index in [0.29, 0.717) is 16.8 Å². The first-order valence-electron chi connectivity index (χ1n) is 7.06. The maximum atomic E-state index is 13.8. The van der Waals surface area contributed by atoms with Crippen LogP contribution in [0.3, 0.4) is 0 Å². The molecule has 2 aromatic rings. The number of alkyl halides is 1. The van der Waals surface area contributed by atoms with E-state index in [1.54, 1.807) is 19.2 Å². The average molecular weight is 378 g/mol. The minimum absolute atomic E-state index is 0.263. The summed E-state index contributed by atoms with van der Waals surface area (Å²) in [6.07, 6.45) is 3.82. The number of benzene rings is 1. The number of halogens is 3. The van der Waals surface area contributed by atoms with Gasteiger partial charge in [-0.1, -0.05) is 0 Å². The number of ether oxygens (including phenoxy) is 1. The summed E-state index contributed by atoms with van der Waals surface area (Å²) in [5.41, 5.74) is 1.64. The van der Waals surface area contributed by atoms with Gasteiger partial charge in [0.15, 0.2) is 0 Å². The molecule has 2 rings (SSSR count). The molecule has 6 heteroatoms. The lowest BCUT2D eigenvalue weighted by atomic mass is 10.2. The van der Waals surface area contributed by atoms with Crippen molar-refractivity contribution in [2.24, 2.45) is 0 Å². The van der Waals surface area contributed by atoms with Crippen LogP contribution in [0.2, 0.25) is 0 Å². The number of aryl methyl sites for hydroxylation is 2. The topological polar surface area (TPSA) is 27.1 Å². The van der Waals surface area contributed by atoms with E-state index in [1.165, 1.54) is 0 Å². The Morgan fingerprint density at radius 3 is 2.86 bits per heavy atom. The molecule has 3 nitrogen and oxygen atoms in total. The van der Waals surface area contributed by atoms with Crippen molar-refractivity contribution in [3.05, 3.63) is 28.2 Å². The van der Waals surface area contributed by atoms with E-state index < -0.39 is 0 Å². The Labute approximate surface area is 137 Å². The fraction of sp³-hybridized carbons (Fsp3) is 0.533. The van der Waals surface area contributed by atoms with E-state index >= 15 is 0 Å². The van der Waals surface area contributed by atoms with Gasteiger partial charge in [0.1, 0.15) is 11.6 Å². The van der Waals surface area contributed by atoms with Gasteiger partial charge in [-0.3, -0.25) is 0 Å². The predicted molar refractivity (Wildman–Crippen MR) is 87.5 cm³/mol. The molecule has 1 heterocycles. The van der Waals surface area contributed by atoms with Crippen LogP contribution in [0.25, 0.3) is 11.0 Å². The Kier molecular flexibility index (Phi) is 6.45. The van der Waals surface area contributed by atoms with E-state index in [9.17, 15) is 4.39 Å². The average Bonchev–Trinajstić information content (AvgIpc) is 2.77. The van der Waals surface area contributed by atoms with Crippen LogP contribution in [-0.2, 0) is 17.7 Å². The molecule has 0 spiro atoms. The number of imidazole rings is 1. The highest BCUT2D eigenvalue weighted by molar-refractivity contribution is 9.10. The molecule has 0 radical (unpaired) electrons. The minimum atomic E-state index is -0.263. The number of hydrogen-bond acceptors (Lipinski definition) is 2. The second-order valence-corrected chi connectivity index (χ2v) is 6.16. The maximum absolute atomic E-state index is 13.8. The third-order valence-corrected chi connectivity index (χ3v) is 4.21. The number of fused-ring (bicyclic) bond motifs is 1. The van der Waals surface area contributed by atoms with Crippen LogP contribution in [0, 0.1) is 5.82 Å². The highest BCUT2D eigenvalue weighted by Gasteiger charge is 2.13. The third kappa shape index (κ3) is 4.18. The van der Waals surface area contributed by atoms with Crippen molar-refractivity contribution in [2.75, 3.05) is 19.6 Å². The van der Waals surface area contributed by atoms with Crippen molar-refractivity contribution in [3.63, 3.8) is 0 Å².